The molecule has 0 amide bonds. The number of nitrogens with two attached hydrogens (primary N) is 1. The van der Waals surface area contributed by atoms with E-state index >= 15 is 0 Å². The van der Waals surface area contributed by atoms with Crippen molar-refractivity contribution in [3.05, 3.63) is 6.20 Å². The van der Waals surface area contributed by atoms with Gasteiger partial charge in [0.25, 0.3) is 6.43 Å². The third-order valence-electron chi connectivity index (χ3n) is 1.94. The fraction of sp³-hybridized carbons (Fsp3) is 0.571. The van der Waals surface area contributed by atoms with Crippen LogP contribution >= 0.6 is 0 Å². The molecule has 0 bridgehead atoms. The van der Waals surface area contributed by atoms with E-state index in [1.807, 2.05) is 0 Å². The summed E-state index contributed by atoms with van der Waals surface area (Å²) in [5, 5.41) is 14.3. The van der Waals surface area contributed by atoms with Gasteiger partial charge in [-0.3, -0.25) is 5.10 Å². The number of aliphatic hydroxyl groups excluding tert-OH is 1. The Balaban J connectivity index is 3.04. The maximum absolute atomic E-state index is 12.2. The van der Waals surface area contributed by atoms with Crippen molar-refractivity contribution in [2.24, 2.45) is 0 Å². The summed E-state index contributed by atoms with van der Waals surface area (Å²) in [5.74, 6) is -0.234. The van der Waals surface area contributed by atoms with Gasteiger partial charge in [0.05, 0.1) is 19.3 Å². The fourth-order valence-corrected chi connectivity index (χ4v) is 2.62. The van der Waals surface area contributed by atoms with E-state index in [1.54, 1.807) is 0 Å². The molecule has 0 aliphatic heterocycles. The van der Waals surface area contributed by atoms with Gasteiger partial charge in [-0.2, -0.15) is 9.40 Å². The largest absolute Gasteiger partial charge is 0.395 e. The highest BCUT2D eigenvalue weighted by atomic mass is 32.2. The van der Waals surface area contributed by atoms with Crippen molar-refractivity contribution in [2.75, 3.05) is 25.4 Å². The Bertz CT molecular complexity index is 461. The lowest BCUT2D eigenvalue weighted by Gasteiger charge is -2.20. The third-order valence-corrected chi connectivity index (χ3v) is 3.83. The highest BCUT2D eigenvalue weighted by Gasteiger charge is 2.29. The first-order valence-corrected chi connectivity index (χ1v) is 6.01. The van der Waals surface area contributed by atoms with E-state index in [9.17, 15) is 17.2 Å². The van der Waals surface area contributed by atoms with Gasteiger partial charge in [0.15, 0.2) is 0 Å². The third kappa shape index (κ3) is 3.11. The van der Waals surface area contributed by atoms with Crippen molar-refractivity contribution in [1.29, 1.82) is 0 Å². The van der Waals surface area contributed by atoms with Crippen LogP contribution in [0.1, 0.15) is 0 Å². The van der Waals surface area contributed by atoms with Crippen LogP contribution in [-0.2, 0) is 10.0 Å². The van der Waals surface area contributed by atoms with Crippen LogP contribution in [0.2, 0.25) is 0 Å². The maximum Gasteiger partial charge on any atom is 0.252 e. The van der Waals surface area contributed by atoms with Gasteiger partial charge in [-0.15, -0.1) is 0 Å². The first-order chi connectivity index (χ1) is 7.89. The lowest BCUT2D eigenvalue weighted by Crippen LogP contribution is -2.37. The molecule has 1 aromatic rings. The van der Waals surface area contributed by atoms with E-state index in [2.05, 4.69) is 10.2 Å². The Morgan fingerprint density at radius 1 is 1.59 bits per heavy atom. The highest BCUT2D eigenvalue weighted by molar-refractivity contribution is 7.89. The molecular formula is C7H12F2N4O3S. The van der Waals surface area contributed by atoms with Crippen LogP contribution < -0.4 is 5.73 Å². The monoisotopic (exact) mass is 270 g/mol. The fourth-order valence-electron chi connectivity index (χ4n) is 1.20. The summed E-state index contributed by atoms with van der Waals surface area (Å²) < 4.78 is 48.7. The topological polar surface area (TPSA) is 112 Å². The van der Waals surface area contributed by atoms with Crippen LogP contribution in [0, 0.1) is 0 Å². The van der Waals surface area contributed by atoms with Crippen molar-refractivity contribution in [1.82, 2.24) is 14.5 Å². The number of alkyl halides is 2. The predicted molar refractivity (Wildman–Crippen MR) is 54.8 cm³/mol. The highest BCUT2D eigenvalue weighted by Crippen LogP contribution is 2.20. The number of aliphatic hydroxyl groups is 1. The minimum atomic E-state index is -4.17. The van der Waals surface area contributed by atoms with E-state index in [1.165, 1.54) is 0 Å². The average molecular weight is 270 g/mol. The minimum Gasteiger partial charge on any atom is -0.395 e. The number of aromatic nitrogens is 2. The summed E-state index contributed by atoms with van der Waals surface area (Å²) in [4.78, 5) is -0.383. The average Bonchev–Trinajstić information content (AvgIpc) is 2.63. The standard InChI is InChI=1S/C7H12F2N4O3S/c8-6(9)4-13(1-2-14)17(15,16)5-3-11-12-7(5)10/h3,6,14H,1-2,4H2,(H3,10,11,12). The predicted octanol–water partition coefficient (Wildman–Crippen LogP) is -0.760. The number of rotatable bonds is 6. The van der Waals surface area contributed by atoms with Gasteiger partial charge in [0.1, 0.15) is 10.7 Å². The van der Waals surface area contributed by atoms with E-state index in [0.29, 0.717) is 4.31 Å². The molecular weight excluding hydrogens is 258 g/mol. The maximum atomic E-state index is 12.2. The zero-order chi connectivity index (χ0) is 13.1. The molecule has 0 aliphatic rings. The van der Waals surface area contributed by atoms with Crippen LogP contribution in [0.15, 0.2) is 11.1 Å². The molecule has 1 aromatic heterocycles. The number of nitrogens with one attached hydrogen (secondary N) is 1. The Morgan fingerprint density at radius 3 is 2.65 bits per heavy atom. The van der Waals surface area contributed by atoms with Gasteiger partial charge in [0, 0.05) is 6.54 Å². The molecule has 0 saturated heterocycles. The molecule has 0 aromatic carbocycles. The summed E-state index contributed by atoms with van der Waals surface area (Å²) in [6, 6.07) is 0. The minimum absolute atomic E-state index is 0.234. The Morgan fingerprint density at radius 2 is 2.24 bits per heavy atom. The first kappa shape index (κ1) is 13.8. The zero-order valence-corrected chi connectivity index (χ0v) is 9.49. The molecule has 10 heteroatoms. The van der Waals surface area contributed by atoms with Crippen molar-refractivity contribution >= 4 is 15.8 Å². The molecule has 0 saturated carbocycles. The number of anilines is 1. The molecule has 1 heterocycles. The van der Waals surface area contributed by atoms with E-state index < -0.39 is 36.1 Å². The summed E-state index contributed by atoms with van der Waals surface area (Å²) in [5.41, 5.74) is 5.32. The quantitative estimate of drug-likeness (QED) is 0.629. The molecule has 0 unspecified atom stereocenters. The number of hydrogen-bond acceptors (Lipinski definition) is 5. The molecule has 0 aliphatic carbocycles. The van der Waals surface area contributed by atoms with Gasteiger partial charge in [-0.1, -0.05) is 0 Å². The molecule has 4 N–H and O–H groups in total. The second-order valence-corrected chi connectivity index (χ2v) is 5.03. The summed E-state index contributed by atoms with van der Waals surface area (Å²) in [6.45, 7) is -2.01. The Hall–Kier alpha value is -1.26. The molecule has 1 rings (SSSR count). The van der Waals surface area contributed by atoms with Crippen molar-refractivity contribution < 1.29 is 22.3 Å². The van der Waals surface area contributed by atoms with E-state index in [-0.39, 0.29) is 10.7 Å². The molecule has 98 valence electrons. The van der Waals surface area contributed by atoms with Crippen molar-refractivity contribution in [2.45, 2.75) is 11.3 Å². The Labute approximate surface area is 96.3 Å². The molecule has 0 atom stereocenters. The van der Waals surface area contributed by atoms with Gasteiger partial charge in [-0.05, 0) is 0 Å². The van der Waals surface area contributed by atoms with E-state index in [0.717, 1.165) is 6.20 Å². The summed E-state index contributed by atoms with van der Waals surface area (Å²) in [7, 11) is -4.17. The van der Waals surface area contributed by atoms with Gasteiger partial charge < -0.3 is 10.8 Å². The van der Waals surface area contributed by atoms with Gasteiger partial charge in [-0.25, -0.2) is 17.2 Å². The molecule has 0 radical (unpaired) electrons. The van der Waals surface area contributed by atoms with Crippen LogP contribution in [0.25, 0.3) is 0 Å². The van der Waals surface area contributed by atoms with Crippen LogP contribution in [-0.4, -0.2) is 54.1 Å². The lowest BCUT2D eigenvalue weighted by molar-refractivity contribution is 0.113. The number of H-pyrrole nitrogens is 1. The number of sulfonamides is 1. The lowest BCUT2D eigenvalue weighted by atomic mass is 10.6. The number of hydrogen-bond donors (Lipinski definition) is 3. The molecule has 0 spiro atoms. The summed E-state index contributed by atoms with van der Waals surface area (Å²) in [6.07, 6.45) is -1.91. The van der Waals surface area contributed by atoms with E-state index in [4.69, 9.17) is 10.8 Å². The summed E-state index contributed by atoms with van der Waals surface area (Å²) >= 11 is 0. The second kappa shape index (κ2) is 5.38. The molecule has 0 fully saturated rings. The molecule has 17 heavy (non-hydrogen) atoms. The normalized spacial score (nSPS) is 12.5. The zero-order valence-electron chi connectivity index (χ0n) is 8.68. The first-order valence-electron chi connectivity index (χ1n) is 4.57. The number of halogens is 2. The van der Waals surface area contributed by atoms with Crippen molar-refractivity contribution in [3.63, 3.8) is 0 Å². The van der Waals surface area contributed by atoms with Crippen LogP contribution in [0.5, 0.6) is 0 Å². The second-order valence-electron chi connectivity index (χ2n) is 3.13. The number of nitrogens with zero attached hydrogens (tertiary/aromatic N) is 2. The van der Waals surface area contributed by atoms with Gasteiger partial charge in [0.2, 0.25) is 10.0 Å². The van der Waals surface area contributed by atoms with Crippen LogP contribution in [0.3, 0.4) is 0 Å². The van der Waals surface area contributed by atoms with Crippen LogP contribution in [0.4, 0.5) is 14.6 Å². The Kier molecular flexibility index (Phi) is 4.37. The smallest absolute Gasteiger partial charge is 0.252 e. The van der Waals surface area contributed by atoms with Gasteiger partial charge >= 0.3 is 0 Å². The SMILES string of the molecule is Nc1[nH]ncc1S(=O)(=O)N(CCO)CC(F)F. The number of aromatic amines is 1. The molecule has 7 nitrogen and oxygen atoms in total. The number of nitrogen functional groups attached to an aromatic ring is 1. The van der Waals surface area contributed by atoms with Crippen molar-refractivity contribution in [3.8, 4) is 0 Å².